The molecule has 6 heteroatoms. The molecule has 0 atom stereocenters. The van der Waals surface area contributed by atoms with Crippen LogP contribution in [0.2, 0.25) is 5.02 Å². The zero-order valence-corrected chi connectivity index (χ0v) is 10.3. The van der Waals surface area contributed by atoms with Crippen LogP contribution in [0.5, 0.6) is 0 Å². The van der Waals surface area contributed by atoms with E-state index < -0.39 is 17.5 Å². The number of rotatable bonds is 2. The van der Waals surface area contributed by atoms with E-state index in [1.165, 1.54) is 18.2 Å². The molecular formula is C13H9ClF2N2O. The van der Waals surface area contributed by atoms with Gasteiger partial charge in [-0.3, -0.25) is 4.79 Å². The van der Waals surface area contributed by atoms with Crippen molar-refractivity contribution in [2.45, 2.75) is 0 Å². The first-order valence-corrected chi connectivity index (χ1v) is 5.66. The van der Waals surface area contributed by atoms with Gasteiger partial charge in [0.1, 0.15) is 11.6 Å². The molecule has 0 radical (unpaired) electrons. The number of hydrogen-bond donors (Lipinski definition) is 2. The molecule has 0 spiro atoms. The number of anilines is 2. The second-order valence-electron chi connectivity index (χ2n) is 3.81. The highest BCUT2D eigenvalue weighted by atomic mass is 35.5. The van der Waals surface area contributed by atoms with Gasteiger partial charge in [0.15, 0.2) is 0 Å². The molecule has 0 unspecified atom stereocenters. The Kier molecular flexibility index (Phi) is 3.66. The van der Waals surface area contributed by atoms with E-state index in [-0.39, 0.29) is 22.0 Å². The van der Waals surface area contributed by atoms with Gasteiger partial charge < -0.3 is 11.1 Å². The molecule has 3 N–H and O–H groups in total. The highest BCUT2D eigenvalue weighted by Crippen LogP contribution is 2.21. The Balaban J connectivity index is 2.28. The summed E-state index contributed by atoms with van der Waals surface area (Å²) in [5.41, 5.74) is 5.65. The lowest BCUT2D eigenvalue weighted by molar-refractivity contribution is 0.102. The standard InChI is InChI=1S/C13H9ClF2N2O/c14-7-1-3-9(10(16)5-7)13(19)18-12-6-8(15)2-4-11(12)17/h1-6H,17H2,(H,18,19). The van der Waals surface area contributed by atoms with Crippen molar-refractivity contribution in [3.05, 3.63) is 58.6 Å². The molecule has 2 rings (SSSR count). The van der Waals surface area contributed by atoms with Crippen molar-refractivity contribution in [3.8, 4) is 0 Å². The topological polar surface area (TPSA) is 55.1 Å². The molecule has 0 aliphatic carbocycles. The molecule has 0 bridgehead atoms. The van der Waals surface area contributed by atoms with Crippen molar-refractivity contribution in [2.24, 2.45) is 0 Å². The molecule has 98 valence electrons. The molecule has 0 saturated carbocycles. The van der Waals surface area contributed by atoms with Gasteiger partial charge in [0.25, 0.3) is 5.91 Å². The minimum absolute atomic E-state index is 0.0827. The van der Waals surface area contributed by atoms with Crippen LogP contribution in [0.25, 0.3) is 0 Å². The van der Waals surface area contributed by atoms with E-state index >= 15 is 0 Å². The van der Waals surface area contributed by atoms with E-state index in [2.05, 4.69) is 5.32 Å². The Morgan fingerprint density at radius 1 is 1.16 bits per heavy atom. The number of nitrogens with one attached hydrogen (secondary N) is 1. The average molecular weight is 283 g/mol. The Morgan fingerprint density at radius 3 is 2.58 bits per heavy atom. The zero-order chi connectivity index (χ0) is 14.0. The fourth-order valence-corrected chi connectivity index (χ4v) is 1.66. The number of amides is 1. The molecule has 0 aliphatic rings. The third kappa shape index (κ3) is 3.00. The Hall–Kier alpha value is -2.14. The quantitative estimate of drug-likeness (QED) is 0.829. The summed E-state index contributed by atoms with van der Waals surface area (Å²) in [7, 11) is 0. The summed E-state index contributed by atoms with van der Waals surface area (Å²) in [6.45, 7) is 0. The molecule has 0 fully saturated rings. The van der Waals surface area contributed by atoms with Crippen LogP contribution in [0, 0.1) is 11.6 Å². The SMILES string of the molecule is Nc1ccc(F)cc1NC(=O)c1ccc(Cl)cc1F. The lowest BCUT2D eigenvalue weighted by atomic mass is 10.2. The highest BCUT2D eigenvalue weighted by Gasteiger charge is 2.13. The van der Waals surface area contributed by atoms with Crippen molar-refractivity contribution in [3.63, 3.8) is 0 Å². The van der Waals surface area contributed by atoms with Gasteiger partial charge in [-0.25, -0.2) is 8.78 Å². The third-order valence-electron chi connectivity index (χ3n) is 2.44. The van der Waals surface area contributed by atoms with Gasteiger partial charge >= 0.3 is 0 Å². The Labute approximate surface area is 113 Å². The molecule has 0 aliphatic heterocycles. The van der Waals surface area contributed by atoms with Crippen molar-refractivity contribution in [1.29, 1.82) is 0 Å². The first-order valence-electron chi connectivity index (χ1n) is 5.29. The molecule has 1 amide bonds. The maximum Gasteiger partial charge on any atom is 0.258 e. The summed E-state index contributed by atoms with van der Waals surface area (Å²) in [6, 6.07) is 7.17. The van der Waals surface area contributed by atoms with Crippen LogP contribution < -0.4 is 11.1 Å². The molecule has 19 heavy (non-hydrogen) atoms. The van der Waals surface area contributed by atoms with Crippen LogP contribution in [-0.4, -0.2) is 5.91 Å². The lowest BCUT2D eigenvalue weighted by Gasteiger charge is -2.09. The number of benzene rings is 2. The summed E-state index contributed by atoms with van der Waals surface area (Å²) >= 11 is 5.59. The summed E-state index contributed by atoms with van der Waals surface area (Å²) in [6.07, 6.45) is 0. The van der Waals surface area contributed by atoms with Gasteiger partial charge in [0, 0.05) is 5.02 Å². The normalized spacial score (nSPS) is 10.3. The van der Waals surface area contributed by atoms with Gasteiger partial charge in [-0.05, 0) is 36.4 Å². The molecule has 0 aromatic heterocycles. The van der Waals surface area contributed by atoms with E-state index in [0.717, 1.165) is 18.2 Å². The lowest BCUT2D eigenvalue weighted by Crippen LogP contribution is -2.15. The predicted molar refractivity (Wildman–Crippen MR) is 70.2 cm³/mol. The van der Waals surface area contributed by atoms with Crippen LogP contribution in [0.3, 0.4) is 0 Å². The fraction of sp³-hybridized carbons (Fsp3) is 0. The number of nitrogens with two attached hydrogens (primary N) is 1. The van der Waals surface area contributed by atoms with Crippen LogP contribution in [-0.2, 0) is 0 Å². The van der Waals surface area contributed by atoms with Crippen LogP contribution >= 0.6 is 11.6 Å². The number of nitrogen functional groups attached to an aromatic ring is 1. The number of hydrogen-bond acceptors (Lipinski definition) is 2. The molecule has 0 heterocycles. The largest absolute Gasteiger partial charge is 0.397 e. The predicted octanol–water partition coefficient (Wildman–Crippen LogP) is 3.45. The van der Waals surface area contributed by atoms with Crippen LogP contribution in [0.1, 0.15) is 10.4 Å². The van der Waals surface area contributed by atoms with Crippen molar-refractivity contribution in [1.82, 2.24) is 0 Å². The van der Waals surface area contributed by atoms with E-state index in [0.29, 0.717) is 0 Å². The third-order valence-corrected chi connectivity index (χ3v) is 2.67. The van der Waals surface area contributed by atoms with E-state index in [4.69, 9.17) is 17.3 Å². The molecule has 2 aromatic carbocycles. The van der Waals surface area contributed by atoms with Gasteiger partial charge in [-0.15, -0.1) is 0 Å². The molecule has 3 nitrogen and oxygen atoms in total. The fourth-order valence-electron chi connectivity index (χ4n) is 1.50. The van der Waals surface area contributed by atoms with Gasteiger partial charge in [0.2, 0.25) is 0 Å². The van der Waals surface area contributed by atoms with Crippen molar-refractivity contribution >= 4 is 28.9 Å². The molecular weight excluding hydrogens is 274 g/mol. The maximum absolute atomic E-state index is 13.5. The van der Waals surface area contributed by atoms with Gasteiger partial charge in [-0.1, -0.05) is 11.6 Å². The van der Waals surface area contributed by atoms with Crippen LogP contribution in [0.15, 0.2) is 36.4 Å². The minimum atomic E-state index is -0.764. The van der Waals surface area contributed by atoms with Gasteiger partial charge in [0.05, 0.1) is 16.9 Å². The molecule has 0 saturated heterocycles. The second-order valence-corrected chi connectivity index (χ2v) is 4.25. The van der Waals surface area contributed by atoms with E-state index in [1.54, 1.807) is 0 Å². The Morgan fingerprint density at radius 2 is 1.89 bits per heavy atom. The van der Waals surface area contributed by atoms with E-state index in [1.807, 2.05) is 0 Å². The second kappa shape index (κ2) is 5.24. The zero-order valence-electron chi connectivity index (χ0n) is 9.58. The smallest absolute Gasteiger partial charge is 0.258 e. The van der Waals surface area contributed by atoms with Crippen molar-refractivity contribution < 1.29 is 13.6 Å². The summed E-state index contributed by atoms with van der Waals surface area (Å²) in [5.74, 6) is -2.05. The minimum Gasteiger partial charge on any atom is -0.397 e. The summed E-state index contributed by atoms with van der Waals surface area (Å²) < 4.78 is 26.6. The van der Waals surface area contributed by atoms with Crippen molar-refractivity contribution in [2.75, 3.05) is 11.1 Å². The average Bonchev–Trinajstić information content (AvgIpc) is 2.33. The van der Waals surface area contributed by atoms with Crippen LogP contribution in [0.4, 0.5) is 20.2 Å². The van der Waals surface area contributed by atoms with E-state index in [9.17, 15) is 13.6 Å². The Bertz CT molecular complexity index is 647. The number of carbonyl (C=O) groups excluding carboxylic acids is 1. The highest BCUT2D eigenvalue weighted by molar-refractivity contribution is 6.30. The molecule has 2 aromatic rings. The monoisotopic (exact) mass is 282 g/mol. The maximum atomic E-state index is 13.5. The van der Waals surface area contributed by atoms with Gasteiger partial charge in [-0.2, -0.15) is 0 Å². The summed E-state index contributed by atoms with van der Waals surface area (Å²) in [4.78, 5) is 11.8. The summed E-state index contributed by atoms with van der Waals surface area (Å²) in [5, 5.41) is 2.52. The first-order chi connectivity index (χ1) is 8.97. The number of carbonyl (C=O) groups is 1. The first kappa shape index (κ1) is 13.3. The number of halogens is 3.